The Hall–Kier alpha value is -1.78. The summed E-state index contributed by atoms with van der Waals surface area (Å²) in [5, 5.41) is 20.6. The summed E-state index contributed by atoms with van der Waals surface area (Å²) in [4.78, 5) is 2.26. The molecule has 0 amide bonds. The highest BCUT2D eigenvalue weighted by atomic mass is 16.3. The van der Waals surface area contributed by atoms with Crippen LogP contribution < -0.4 is 0 Å². The average molecular weight is 281 g/mol. The molecule has 108 valence electrons. The third-order valence-electron chi connectivity index (χ3n) is 4.55. The zero-order valence-corrected chi connectivity index (χ0v) is 11.9. The number of piperidine rings is 3. The lowest BCUT2D eigenvalue weighted by Gasteiger charge is -2.47. The van der Waals surface area contributed by atoms with E-state index in [2.05, 4.69) is 22.7 Å². The molecular formula is C18H19NO2. The molecule has 3 aliphatic heterocycles. The summed E-state index contributed by atoms with van der Waals surface area (Å²) in [6, 6.07) is 7.28. The maximum Gasteiger partial charge on any atom is 0.141 e. The number of aliphatic hydroxyl groups is 2. The van der Waals surface area contributed by atoms with Crippen LogP contribution >= 0.6 is 0 Å². The Bertz CT molecular complexity index is 629. The van der Waals surface area contributed by atoms with E-state index >= 15 is 0 Å². The Morgan fingerprint density at radius 2 is 2.00 bits per heavy atom. The number of nitrogens with zero attached hydrogens (tertiary/aromatic N) is 1. The monoisotopic (exact) mass is 281 g/mol. The van der Waals surface area contributed by atoms with Crippen molar-refractivity contribution in [3.8, 4) is 24.2 Å². The molecule has 2 N–H and O–H groups in total. The van der Waals surface area contributed by atoms with Gasteiger partial charge in [-0.15, -0.1) is 6.42 Å². The van der Waals surface area contributed by atoms with Crippen LogP contribution in [0.2, 0.25) is 0 Å². The summed E-state index contributed by atoms with van der Waals surface area (Å²) in [6.45, 7) is 2.73. The smallest absolute Gasteiger partial charge is 0.141 e. The summed E-state index contributed by atoms with van der Waals surface area (Å²) in [5.74, 6) is 8.65. The van der Waals surface area contributed by atoms with Crippen molar-refractivity contribution < 1.29 is 10.2 Å². The molecule has 2 atom stereocenters. The second kappa shape index (κ2) is 5.54. The van der Waals surface area contributed by atoms with Crippen molar-refractivity contribution >= 4 is 0 Å². The summed E-state index contributed by atoms with van der Waals surface area (Å²) >= 11 is 0. The Kier molecular flexibility index (Phi) is 3.74. The van der Waals surface area contributed by atoms with Gasteiger partial charge in [-0.05, 0) is 32.0 Å². The van der Waals surface area contributed by atoms with Crippen LogP contribution in [0, 0.1) is 30.1 Å². The molecule has 3 nitrogen and oxygen atoms in total. The highest BCUT2D eigenvalue weighted by Gasteiger charge is 2.44. The minimum absolute atomic E-state index is 0.250. The lowest BCUT2D eigenvalue weighted by molar-refractivity contribution is -0.0713. The van der Waals surface area contributed by atoms with E-state index in [1.165, 1.54) is 0 Å². The van der Waals surface area contributed by atoms with Crippen LogP contribution in [0.1, 0.15) is 30.1 Å². The van der Waals surface area contributed by atoms with Gasteiger partial charge in [-0.25, -0.2) is 0 Å². The van der Waals surface area contributed by atoms with Crippen molar-refractivity contribution in [2.45, 2.75) is 24.5 Å². The normalized spacial score (nSPS) is 31.9. The second-order valence-corrected chi connectivity index (χ2v) is 5.88. The molecule has 0 radical (unpaired) electrons. The van der Waals surface area contributed by atoms with Crippen molar-refractivity contribution in [1.82, 2.24) is 4.90 Å². The topological polar surface area (TPSA) is 43.7 Å². The average Bonchev–Trinajstić information content (AvgIpc) is 2.53. The van der Waals surface area contributed by atoms with Gasteiger partial charge in [0.05, 0.1) is 0 Å². The van der Waals surface area contributed by atoms with Gasteiger partial charge in [0.25, 0.3) is 0 Å². The molecule has 0 saturated carbocycles. The largest absolute Gasteiger partial charge is 0.376 e. The zero-order valence-electron chi connectivity index (χ0n) is 11.9. The van der Waals surface area contributed by atoms with Gasteiger partial charge in [-0.2, -0.15) is 0 Å². The van der Waals surface area contributed by atoms with Crippen molar-refractivity contribution in [3.05, 3.63) is 35.4 Å². The fraction of sp³-hybridized carbons (Fsp3) is 0.444. The van der Waals surface area contributed by atoms with E-state index in [0.717, 1.165) is 25.9 Å². The lowest BCUT2D eigenvalue weighted by Crippen LogP contribution is -2.58. The Morgan fingerprint density at radius 1 is 1.29 bits per heavy atom. The molecule has 2 bridgehead atoms. The highest BCUT2D eigenvalue weighted by molar-refractivity contribution is 5.45. The van der Waals surface area contributed by atoms with E-state index in [1.54, 1.807) is 6.07 Å². The predicted octanol–water partition coefficient (Wildman–Crippen LogP) is 1.16. The second-order valence-electron chi connectivity index (χ2n) is 5.88. The van der Waals surface area contributed by atoms with Gasteiger partial charge < -0.3 is 10.2 Å². The minimum atomic E-state index is -0.961. The molecule has 3 heteroatoms. The summed E-state index contributed by atoms with van der Waals surface area (Å²) in [5.41, 5.74) is 0.371. The van der Waals surface area contributed by atoms with E-state index in [0.29, 0.717) is 17.7 Å². The SMILES string of the molecule is C#CC(O)c1ccccc1C#CC1(O)CN2CCC1CC2. The highest BCUT2D eigenvalue weighted by Crippen LogP contribution is 2.35. The van der Waals surface area contributed by atoms with Gasteiger partial charge in [0, 0.05) is 23.6 Å². The zero-order chi connectivity index (χ0) is 14.9. The van der Waals surface area contributed by atoms with Crippen molar-refractivity contribution in [3.63, 3.8) is 0 Å². The number of fused-ring (bicyclic) bond motifs is 3. The first kappa shape index (κ1) is 14.2. The molecule has 0 aliphatic carbocycles. The van der Waals surface area contributed by atoms with Crippen molar-refractivity contribution in [1.29, 1.82) is 0 Å². The summed E-state index contributed by atoms with van der Waals surface area (Å²) in [7, 11) is 0. The summed E-state index contributed by atoms with van der Waals surface area (Å²) < 4.78 is 0. The lowest BCUT2D eigenvalue weighted by atomic mass is 9.75. The number of aliphatic hydroxyl groups excluding tert-OH is 1. The van der Waals surface area contributed by atoms with Crippen LogP contribution in [0.3, 0.4) is 0 Å². The van der Waals surface area contributed by atoms with Crippen LogP contribution in [-0.2, 0) is 0 Å². The van der Waals surface area contributed by atoms with Gasteiger partial charge in [0.2, 0.25) is 0 Å². The molecule has 3 fully saturated rings. The number of hydrogen-bond donors (Lipinski definition) is 2. The maximum atomic E-state index is 10.8. The molecule has 21 heavy (non-hydrogen) atoms. The molecule has 3 heterocycles. The van der Waals surface area contributed by atoms with E-state index in [-0.39, 0.29) is 5.92 Å². The third kappa shape index (κ3) is 2.69. The molecule has 2 unspecified atom stereocenters. The first-order valence-corrected chi connectivity index (χ1v) is 7.33. The van der Waals surface area contributed by atoms with Crippen LogP contribution in [0.4, 0.5) is 0 Å². The molecule has 0 spiro atoms. The van der Waals surface area contributed by atoms with E-state index in [4.69, 9.17) is 6.42 Å². The van der Waals surface area contributed by atoms with Crippen LogP contribution in [0.25, 0.3) is 0 Å². The molecular weight excluding hydrogens is 262 g/mol. The van der Waals surface area contributed by atoms with E-state index in [1.807, 2.05) is 18.2 Å². The molecule has 3 aliphatic rings. The molecule has 1 aromatic carbocycles. The summed E-state index contributed by atoms with van der Waals surface area (Å²) in [6.07, 6.45) is 6.32. The predicted molar refractivity (Wildman–Crippen MR) is 81.2 cm³/mol. The van der Waals surface area contributed by atoms with Gasteiger partial charge in [0.15, 0.2) is 0 Å². The number of hydrogen-bond acceptors (Lipinski definition) is 3. The van der Waals surface area contributed by atoms with Crippen LogP contribution in [-0.4, -0.2) is 40.3 Å². The fourth-order valence-electron chi connectivity index (χ4n) is 3.29. The molecule has 3 saturated heterocycles. The Labute approximate surface area is 125 Å². The number of terminal acetylenes is 1. The fourth-order valence-corrected chi connectivity index (χ4v) is 3.29. The first-order valence-electron chi connectivity index (χ1n) is 7.33. The van der Waals surface area contributed by atoms with Gasteiger partial charge >= 0.3 is 0 Å². The van der Waals surface area contributed by atoms with E-state index < -0.39 is 11.7 Å². The van der Waals surface area contributed by atoms with Crippen molar-refractivity contribution in [2.24, 2.45) is 5.92 Å². The van der Waals surface area contributed by atoms with Gasteiger partial charge in [-0.3, -0.25) is 4.90 Å². The molecule has 1 aromatic rings. The van der Waals surface area contributed by atoms with Gasteiger partial charge in [0.1, 0.15) is 11.7 Å². The Balaban J connectivity index is 1.90. The Morgan fingerprint density at radius 3 is 2.62 bits per heavy atom. The number of rotatable bonds is 1. The van der Waals surface area contributed by atoms with Crippen LogP contribution in [0.15, 0.2) is 24.3 Å². The minimum Gasteiger partial charge on any atom is -0.376 e. The van der Waals surface area contributed by atoms with E-state index in [9.17, 15) is 10.2 Å². The molecule has 4 rings (SSSR count). The standard InChI is InChI=1S/C18H19NO2/c1-2-17(20)16-6-4-3-5-14(16)7-10-18(21)13-19-11-8-15(18)9-12-19/h1,3-6,15,17,20-21H,8-9,11-13H2. The van der Waals surface area contributed by atoms with Gasteiger partial charge in [-0.1, -0.05) is 36.0 Å². The maximum absolute atomic E-state index is 10.8. The quantitative estimate of drug-likeness (QED) is 0.759. The first-order chi connectivity index (χ1) is 10.1. The van der Waals surface area contributed by atoms with Crippen LogP contribution in [0.5, 0.6) is 0 Å². The number of benzene rings is 1. The third-order valence-corrected chi connectivity index (χ3v) is 4.55. The van der Waals surface area contributed by atoms with Crippen molar-refractivity contribution in [2.75, 3.05) is 19.6 Å². The molecule has 0 aromatic heterocycles.